The smallest absolute Gasteiger partial charge is 0.124 e. The first-order valence-electron chi connectivity index (χ1n) is 6.55. The van der Waals surface area contributed by atoms with Crippen LogP contribution in [0.2, 0.25) is 0 Å². The molecule has 2 N–H and O–H groups in total. The molecule has 0 aliphatic rings. The van der Waals surface area contributed by atoms with Gasteiger partial charge in [0, 0.05) is 28.9 Å². The van der Waals surface area contributed by atoms with Crippen molar-refractivity contribution < 1.29 is 4.74 Å². The van der Waals surface area contributed by atoms with Gasteiger partial charge in [0.05, 0.1) is 5.52 Å². The van der Waals surface area contributed by atoms with Gasteiger partial charge in [-0.15, -0.1) is 0 Å². The first-order valence-corrected chi connectivity index (χ1v) is 6.55. The summed E-state index contributed by atoms with van der Waals surface area (Å²) in [5.74, 6) is 0.818. The van der Waals surface area contributed by atoms with Crippen LogP contribution in [0.5, 0.6) is 5.75 Å². The van der Waals surface area contributed by atoms with Crippen molar-refractivity contribution in [1.29, 1.82) is 0 Å². The van der Waals surface area contributed by atoms with Gasteiger partial charge in [-0.1, -0.05) is 30.3 Å². The fraction of sp³-hybridized carbons (Fsp3) is 0.118. The Bertz CT molecular complexity index is 748. The molecule has 0 saturated carbocycles. The second kappa shape index (κ2) is 5.21. The molecule has 0 amide bonds. The molecule has 0 fully saturated rings. The number of benzene rings is 2. The molecule has 3 nitrogen and oxygen atoms in total. The fourth-order valence-corrected chi connectivity index (χ4v) is 2.21. The second-order valence-electron chi connectivity index (χ2n) is 4.81. The number of para-hydroxylation sites is 1. The summed E-state index contributed by atoms with van der Waals surface area (Å²) < 4.78 is 5.89. The molecule has 1 heterocycles. The summed E-state index contributed by atoms with van der Waals surface area (Å²) in [6.07, 6.45) is 1.80. The number of aromatic nitrogens is 1. The lowest BCUT2D eigenvalue weighted by Gasteiger charge is -2.11. The maximum absolute atomic E-state index is 5.89. The number of ether oxygens (including phenoxy) is 1. The van der Waals surface area contributed by atoms with E-state index in [1.807, 2.05) is 43.3 Å². The highest BCUT2D eigenvalue weighted by Crippen LogP contribution is 2.23. The van der Waals surface area contributed by atoms with Crippen molar-refractivity contribution in [2.75, 3.05) is 5.73 Å². The molecule has 0 atom stereocenters. The molecular formula is C17H16N2O. The van der Waals surface area contributed by atoms with E-state index in [0.29, 0.717) is 12.3 Å². The third-order valence-electron chi connectivity index (χ3n) is 3.31. The summed E-state index contributed by atoms with van der Waals surface area (Å²) >= 11 is 0. The standard InChI is InChI=1S/C17H16N2O/c1-12-7-8-15(18)10-16(12)20-11-14-5-2-4-13-6-3-9-19-17(13)14/h2-10H,11,18H2,1H3. The van der Waals surface area contributed by atoms with Crippen LogP contribution in [0, 0.1) is 6.92 Å². The molecule has 2 aromatic carbocycles. The SMILES string of the molecule is Cc1ccc(N)cc1OCc1cccc2cccnc12. The molecule has 0 spiro atoms. The molecule has 0 saturated heterocycles. The zero-order chi connectivity index (χ0) is 13.9. The topological polar surface area (TPSA) is 48.1 Å². The number of pyridine rings is 1. The predicted molar refractivity (Wildman–Crippen MR) is 81.7 cm³/mol. The van der Waals surface area contributed by atoms with E-state index in [2.05, 4.69) is 17.1 Å². The molecule has 100 valence electrons. The molecule has 3 aromatic rings. The van der Waals surface area contributed by atoms with Gasteiger partial charge in [0.2, 0.25) is 0 Å². The number of fused-ring (bicyclic) bond motifs is 1. The summed E-state index contributed by atoms with van der Waals surface area (Å²) in [4.78, 5) is 4.43. The zero-order valence-corrected chi connectivity index (χ0v) is 11.3. The lowest BCUT2D eigenvalue weighted by molar-refractivity contribution is 0.305. The Morgan fingerprint density at radius 3 is 2.85 bits per heavy atom. The van der Waals surface area contributed by atoms with E-state index < -0.39 is 0 Å². The van der Waals surface area contributed by atoms with Gasteiger partial charge in [-0.3, -0.25) is 4.98 Å². The number of hydrogen-bond donors (Lipinski definition) is 1. The first-order chi connectivity index (χ1) is 9.74. The Balaban J connectivity index is 1.89. The van der Waals surface area contributed by atoms with Gasteiger partial charge in [0.15, 0.2) is 0 Å². The van der Waals surface area contributed by atoms with Crippen molar-refractivity contribution in [1.82, 2.24) is 4.98 Å². The van der Waals surface area contributed by atoms with Gasteiger partial charge in [0.25, 0.3) is 0 Å². The summed E-state index contributed by atoms with van der Waals surface area (Å²) in [7, 11) is 0. The highest BCUT2D eigenvalue weighted by atomic mass is 16.5. The quantitative estimate of drug-likeness (QED) is 0.734. The summed E-state index contributed by atoms with van der Waals surface area (Å²) in [6, 6.07) is 15.8. The molecule has 3 rings (SSSR count). The average Bonchev–Trinajstić information content (AvgIpc) is 2.48. The molecule has 0 bridgehead atoms. The van der Waals surface area contributed by atoms with E-state index in [-0.39, 0.29) is 0 Å². The third kappa shape index (κ3) is 2.43. The van der Waals surface area contributed by atoms with Crippen molar-refractivity contribution in [2.24, 2.45) is 0 Å². The largest absolute Gasteiger partial charge is 0.488 e. The molecular weight excluding hydrogens is 248 g/mol. The van der Waals surface area contributed by atoms with E-state index in [0.717, 1.165) is 27.8 Å². The van der Waals surface area contributed by atoms with E-state index in [1.165, 1.54) is 0 Å². The van der Waals surface area contributed by atoms with Gasteiger partial charge in [-0.25, -0.2) is 0 Å². The number of aryl methyl sites for hydroxylation is 1. The Labute approximate surface area is 118 Å². The van der Waals surface area contributed by atoms with Crippen molar-refractivity contribution in [3.05, 3.63) is 65.9 Å². The molecule has 1 aromatic heterocycles. The predicted octanol–water partition coefficient (Wildman–Crippen LogP) is 3.70. The lowest BCUT2D eigenvalue weighted by atomic mass is 10.1. The average molecular weight is 264 g/mol. The zero-order valence-electron chi connectivity index (χ0n) is 11.3. The van der Waals surface area contributed by atoms with Crippen LogP contribution in [-0.4, -0.2) is 4.98 Å². The normalized spacial score (nSPS) is 10.7. The Morgan fingerprint density at radius 2 is 1.95 bits per heavy atom. The van der Waals surface area contributed by atoms with Crippen LogP contribution in [0.3, 0.4) is 0 Å². The van der Waals surface area contributed by atoms with Gasteiger partial charge >= 0.3 is 0 Å². The van der Waals surface area contributed by atoms with Crippen LogP contribution in [-0.2, 0) is 6.61 Å². The number of nitrogen functional groups attached to an aromatic ring is 1. The number of nitrogens with two attached hydrogens (primary N) is 1. The van der Waals surface area contributed by atoms with Crippen molar-refractivity contribution in [2.45, 2.75) is 13.5 Å². The monoisotopic (exact) mass is 264 g/mol. The minimum absolute atomic E-state index is 0.485. The van der Waals surface area contributed by atoms with E-state index >= 15 is 0 Å². The van der Waals surface area contributed by atoms with Crippen LogP contribution < -0.4 is 10.5 Å². The van der Waals surface area contributed by atoms with Gasteiger partial charge < -0.3 is 10.5 Å². The van der Waals surface area contributed by atoms with Crippen LogP contribution in [0.1, 0.15) is 11.1 Å². The number of anilines is 1. The minimum Gasteiger partial charge on any atom is -0.488 e. The minimum atomic E-state index is 0.485. The van der Waals surface area contributed by atoms with Crippen LogP contribution >= 0.6 is 0 Å². The Hall–Kier alpha value is -2.55. The van der Waals surface area contributed by atoms with E-state index in [9.17, 15) is 0 Å². The van der Waals surface area contributed by atoms with Gasteiger partial charge in [-0.2, -0.15) is 0 Å². The van der Waals surface area contributed by atoms with E-state index in [1.54, 1.807) is 6.20 Å². The molecule has 0 aliphatic heterocycles. The highest BCUT2D eigenvalue weighted by molar-refractivity contribution is 5.81. The number of hydrogen-bond acceptors (Lipinski definition) is 3. The molecule has 20 heavy (non-hydrogen) atoms. The molecule has 0 unspecified atom stereocenters. The molecule has 0 aliphatic carbocycles. The van der Waals surface area contributed by atoms with Crippen LogP contribution in [0.25, 0.3) is 10.9 Å². The van der Waals surface area contributed by atoms with Crippen molar-refractivity contribution >= 4 is 16.6 Å². The number of rotatable bonds is 3. The summed E-state index contributed by atoms with van der Waals surface area (Å²) in [5.41, 5.74) is 9.64. The summed E-state index contributed by atoms with van der Waals surface area (Å²) in [5, 5.41) is 1.12. The Morgan fingerprint density at radius 1 is 1.10 bits per heavy atom. The fourth-order valence-electron chi connectivity index (χ4n) is 2.21. The van der Waals surface area contributed by atoms with Gasteiger partial charge in [0.1, 0.15) is 12.4 Å². The molecule has 0 radical (unpaired) electrons. The van der Waals surface area contributed by atoms with Crippen molar-refractivity contribution in [3.8, 4) is 5.75 Å². The van der Waals surface area contributed by atoms with Crippen LogP contribution in [0.15, 0.2) is 54.7 Å². The first kappa shape index (κ1) is 12.5. The van der Waals surface area contributed by atoms with Crippen molar-refractivity contribution in [3.63, 3.8) is 0 Å². The maximum atomic E-state index is 5.89. The number of nitrogens with zero attached hydrogens (tertiary/aromatic N) is 1. The third-order valence-corrected chi connectivity index (χ3v) is 3.31. The van der Waals surface area contributed by atoms with E-state index in [4.69, 9.17) is 10.5 Å². The molecule has 3 heteroatoms. The van der Waals surface area contributed by atoms with Crippen LogP contribution in [0.4, 0.5) is 5.69 Å². The highest BCUT2D eigenvalue weighted by Gasteiger charge is 2.04. The lowest BCUT2D eigenvalue weighted by Crippen LogP contribution is -1.99. The maximum Gasteiger partial charge on any atom is 0.124 e. The Kier molecular flexibility index (Phi) is 3.25. The summed E-state index contributed by atoms with van der Waals surface area (Å²) in [6.45, 7) is 2.49. The second-order valence-corrected chi connectivity index (χ2v) is 4.81. The van der Waals surface area contributed by atoms with Gasteiger partial charge in [-0.05, 0) is 24.6 Å².